The van der Waals surface area contributed by atoms with Gasteiger partial charge in [0, 0.05) is 30.6 Å². The van der Waals surface area contributed by atoms with Crippen molar-refractivity contribution in [1.29, 1.82) is 0 Å². The summed E-state index contributed by atoms with van der Waals surface area (Å²) in [5.41, 5.74) is -0.417. The van der Waals surface area contributed by atoms with Gasteiger partial charge in [-0.1, -0.05) is 37.1 Å². The summed E-state index contributed by atoms with van der Waals surface area (Å²) in [7, 11) is 0. The minimum absolute atomic E-state index is 0.403. The van der Waals surface area contributed by atoms with Crippen molar-refractivity contribution in [3.63, 3.8) is 0 Å². The second kappa shape index (κ2) is 4.99. The number of hydrogen-bond donors (Lipinski definition) is 1. The van der Waals surface area contributed by atoms with Crippen LogP contribution < -0.4 is 4.90 Å². The number of hydrogen-bond acceptors (Lipinski definition) is 3. The lowest BCUT2D eigenvalue weighted by Gasteiger charge is -2.47. The third-order valence-corrected chi connectivity index (χ3v) is 5.38. The van der Waals surface area contributed by atoms with Gasteiger partial charge in [-0.3, -0.25) is 0 Å². The summed E-state index contributed by atoms with van der Waals surface area (Å²) in [4.78, 5) is 7.02. The second-order valence-corrected chi connectivity index (χ2v) is 6.60. The Kier molecular flexibility index (Phi) is 3.11. The highest BCUT2D eigenvalue weighted by molar-refractivity contribution is 5.92. The molecule has 1 N–H and O–H groups in total. The number of aliphatic hydroxyl groups is 1. The third-order valence-electron chi connectivity index (χ3n) is 5.38. The molecule has 2 fully saturated rings. The number of piperidine rings is 1. The normalized spacial score (nSPS) is 29.4. The number of nitrogens with zero attached hydrogens (tertiary/aromatic N) is 2. The lowest BCUT2D eigenvalue weighted by atomic mass is 9.71. The first-order valence-electron chi connectivity index (χ1n) is 8.07. The highest BCUT2D eigenvalue weighted by Crippen LogP contribution is 2.41. The van der Waals surface area contributed by atoms with Crippen LogP contribution in [0.2, 0.25) is 0 Å². The third kappa shape index (κ3) is 2.20. The van der Waals surface area contributed by atoms with Crippen LogP contribution in [0.1, 0.15) is 32.1 Å². The van der Waals surface area contributed by atoms with Gasteiger partial charge in [-0.15, -0.1) is 0 Å². The van der Waals surface area contributed by atoms with Crippen molar-refractivity contribution in [2.45, 2.75) is 37.7 Å². The maximum absolute atomic E-state index is 10.8. The van der Waals surface area contributed by atoms with Gasteiger partial charge in [0.2, 0.25) is 0 Å². The summed E-state index contributed by atoms with van der Waals surface area (Å²) in [5, 5.41) is 13.3. The Morgan fingerprint density at radius 1 is 1.14 bits per heavy atom. The van der Waals surface area contributed by atoms with Gasteiger partial charge in [0.15, 0.2) is 0 Å². The van der Waals surface area contributed by atoms with E-state index in [9.17, 15) is 5.11 Å². The summed E-state index contributed by atoms with van der Waals surface area (Å²) in [6.45, 7) is 1.85. The molecule has 1 aromatic carbocycles. The average Bonchev–Trinajstić information content (AvgIpc) is 2.53. The molecule has 1 aromatic heterocycles. The second-order valence-electron chi connectivity index (χ2n) is 6.60. The average molecular weight is 282 g/mol. The van der Waals surface area contributed by atoms with Crippen molar-refractivity contribution in [3.05, 3.63) is 36.5 Å². The van der Waals surface area contributed by atoms with Crippen molar-refractivity contribution in [2.75, 3.05) is 18.0 Å². The van der Waals surface area contributed by atoms with Crippen LogP contribution in [0.15, 0.2) is 36.5 Å². The Hall–Kier alpha value is -1.61. The largest absolute Gasteiger partial charge is 0.389 e. The van der Waals surface area contributed by atoms with Gasteiger partial charge < -0.3 is 10.0 Å². The first-order valence-corrected chi connectivity index (χ1v) is 8.07. The van der Waals surface area contributed by atoms with E-state index in [2.05, 4.69) is 40.2 Å². The predicted octanol–water partition coefficient (Wildman–Crippen LogP) is 3.37. The van der Waals surface area contributed by atoms with Crippen molar-refractivity contribution in [2.24, 2.45) is 5.92 Å². The fraction of sp³-hybridized carbons (Fsp3) is 0.500. The van der Waals surface area contributed by atoms with Crippen molar-refractivity contribution in [3.8, 4) is 0 Å². The van der Waals surface area contributed by atoms with Crippen LogP contribution in [-0.4, -0.2) is 28.8 Å². The van der Waals surface area contributed by atoms with Crippen LogP contribution in [0, 0.1) is 5.92 Å². The zero-order valence-corrected chi connectivity index (χ0v) is 12.3. The Balaban J connectivity index is 1.67. The van der Waals surface area contributed by atoms with E-state index in [1.807, 2.05) is 6.20 Å². The van der Waals surface area contributed by atoms with E-state index < -0.39 is 5.60 Å². The van der Waals surface area contributed by atoms with Gasteiger partial charge in [0.1, 0.15) is 5.82 Å². The van der Waals surface area contributed by atoms with Crippen LogP contribution in [0.25, 0.3) is 10.8 Å². The Bertz CT molecular complexity index is 651. The van der Waals surface area contributed by atoms with E-state index in [1.54, 1.807) is 0 Å². The van der Waals surface area contributed by atoms with E-state index in [1.165, 1.54) is 23.6 Å². The highest BCUT2D eigenvalue weighted by atomic mass is 16.3. The van der Waals surface area contributed by atoms with Crippen molar-refractivity contribution in [1.82, 2.24) is 4.98 Å². The molecule has 1 saturated carbocycles. The van der Waals surface area contributed by atoms with E-state index in [0.717, 1.165) is 38.2 Å². The SMILES string of the molecule is OC12CCCCC1CN(c1nccc3ccccc13)CC2. The molecule has 2 aliphatic rings. The molecule has 1 aliphatic heterocycles. The van der Waals surface area contributed by atoms with Gasteiger partial charge >= 0.3 is 0 Å². The minimum Gasteiger partial charge on any atom is -0.389 e. The number of pyridine rings is 1. The molecule has 3 nitrogen and oxygen atoms in total. The molecule has 0 amide bonds. The summed E-state index contributed by atoms with van der Waals surface area (Å²) in [5.74, 6) is 1.49. The molecule has 110 valence electrons. The van der Waals surface area contributed by atoms with Gasteiger partial charge in [-0.25, -0.2) is 4.98 Å². The molecule has 0 bridgehead atoms. The molecule has 2 unspecified atom stereocenters. The van der Waals surface area contributed by atoms with Gasteiger partial charge in [0.05, 0.1) is 5.60 Å². The lowest BCUT2D eigenvalue weighted by Crippen LogP contribution is -2.53. The molecule has 3 heteroatoms. The monoisotopic (exact) mass is 282 g/mol. The highest BCUT2D eigenvalue weighted by Gasteiger charge is 2.43. The molecule has 4 rings (SSSR count). The first kappa shape index (κ1) is 13.1. The van der Waals surface area contributed by atoms with Gasteiger partial charge in [-0.05, 0) is 30.7 Å². The Morgan fingerprint density at radius 2 is 2.05 bits per heavy atom. The molecule has 2 aromatic rings. The number of aromatic nitrogens is 1. The zero-order chi connectivity index (χ0) is 14.3. The predicted molar refractivity (Wildman–Crippen MR) is 85.5 cm³/mol. The fourth-order valence-corrected chi connectivity index (χ4v) is 4.12. The maximum Gasteiger partial charge on any atom is 0.136 e. The Morgan fingerprint density at radius 3 is 3.00 bits per heavy atom. The van der Waals surface area contributed by atoms with E-state index in [4.69, 9.17) is 0 Å². The number of fused-ring (bicyclic) bond motifs is 2. The van der Waals surface area contributed by atoms with Gasteiger partial charge in [-0.2, -0.15) is 0 Å². The number of benzene rings is 1. The quantitative estimate of drug-likeness (QED) is 0.871. The van der Waals surface area contributed by atoms with E-state index >= 15 is 0 Å². The molecule has 21 heavy (non-hydrogen) atoms. The number of rotatable bonds is 1. The van der Waals surface area contributed by atoms with Crippen LogP contribution in [0.3, 0.4) is 0 Å². The molecule has 0 radical (unpaired) electrons. The van der Waals surface area contributed by atoms with E-state index in [0.29, 0.717) is 5.92 Å². The molecule has 0 spiro atoms. The zero-order valence-electron chi connectivity index (χ0n) is 12.3. The van der Waals surface area contributed by atoms with Crippen LogP contribution in [0.4, 0.5) is 5.82 Å². The minimum atomic E-state index is -0.417. The Labute approximate surface area is 125 Å². The summed E-state index contributed by atoms with van der Waals surface area (Å²) < 4.78 is 0. The lowest BCUT2D eigenvalue weighted by molar-refractivity contribution is -0.0613. The smallest absolute Gasteiger partial charge is 0.136 e. The van der Waals surface area contributed by atoms with Crippen molar-refractivity contribution < 1.29 is 5.11 Å². The molecule has 1 saturated heterocycles. The van der Waals surface area contributed by atoms with E-state index in [-0.39, 0.29) is 0 Å². The standard InChI is InChI=1S/C18H22N2O/c21-18-9-4-3-6-15(18)13-20(12-10-18)17-16-7-2-1-5-14(16)8-11-19-17/h1-2,5,7-8,11,15,21H,3-4,6,9-10,12-13H2. The summed E-state index contributed by atoms with van der Waals surface area (Å²) in [6, 6.07) is 10.5. The summed E-state index contributed by atoms with van der Waals surface area (Å²) in [6.07, 6.45) is 7.34. The summed E-state index contributed by atoms with van der Waals surface area (Å²) >= 11 is 0. The van der Waals surface area contributed by atoms with Gasteiger partial charge in [0.25, 0.3) is 0 Å². The molecular formula is C18H22N2O. The van der Waals surface area contributed by atoms with Crippen LogP contribution in [-0.2, 0) is 0 Å². The van der Waals surface area contributed by atoms with Crippen molar-refractivity contribution >= 4 is 16.6 Å². The topological polar surface area (TPSA) is 36.4 Å². The first-order chi connectivity index (χ1) is 10.3. The van der Waals surface area contributed by atoms with Crippen LogP contribution >= 0.6 is 0 Å². The molecule has 2 atom stereocenters. The fourth-order valence-electron chi connectivity index (χ4n) is 4.12. The molecule has 1 aliphatic carbocycles. The van der Waals surface area contributed by atoms with Crippen LogP contribution in [0.5, 0.6) is 0 Å². The molecular weight excluding hydrogens is 260 g/mol. The number of anilines is 1. The molecule has 2 heterocycles. The maximum atomic E-state index is 10.8.